The number of hydrogen-bond donors (Lipinski definition) is 1. The average Bonchev–Trinajstić information content (AvgIpc) is 2.89. The summed E-state index contributed by atoms with van der Waals surface area (Å²) in [7, 11) is 0. The van der Waals surface area contributed by atoms with Gasteiger partial charge in [0.15, 0.2) is 5.16 Å². The van der Waals surface area contributed by atoms with Crippen LogP contribution in [0.25, 0.3) is 0 Å². The van der Waals surface area contributed by atoms with Crippen molar-refractivity contribution in [3.63, 3.8) is 0 Å². The molecule has 0 saturated carbocycles. The summed E-state index contributed by atoms with van der Waals surface area (Å²) in [5, 5.41) is 4.20. The fourth-order valence-electron chi connectivity index (χ4n) is 1.42. The molecule has 0 aromatic carbocycles. The monoisotopic (exact) mass is 249 g/mol. The van der Waals surface area contributed by atoms with E-state index in [4.69, 9.17) is 4.42 Å². The second-order valence-electron chi connectivity index (χ2n) is 3.57. The molecule has 0 bridgehead atoms. The highest BCUT2D eigenvalue weighted by Crippen LogP contribution is 2.13. The van der Waals surface area contributed by atoms with E-state index < -0.39 is 0 Å². The van der Waals surface area contributed by atoms with Crippen LogP contribution in [0.5, 0.6) is 0 Å². The molecule has 90 valence electrons. The van der Waals surface area contributed by atoms with Crippen LogP contribution in [0, 0.1) is 0 Å². The smallest absolute Gasteiger partial charge is 0.187 e. The van der Waals surface area contributed by atoms with Crippen LogP contribution in [0.4, 0.5) is 0 Å². The first-order valence-corrected chi connectivity index (χ1v) is 6.51. The van der Waals surface area contributed by atoms with Gasteiger partial charge in [-0.2, -0.15) is 0 Å². The number of nitrogens with one attached hydrogen (secondary N) is 1. The van der Waals surface area contributed by atoms with Gasteiger partial charge < -0.3 is 9.73 Å². The van der Waals surface area contributed by atoms with E-state index in [2.05, 4.69) is 22.2 Å². The van der Waals surface area contributed by atoms with Crippen molar-refractivity contribution in [1.29, 1.82) is 0 Å². The van der Waals surface area contributed by atoms with E-state index in [9.17, 15) is 0 Å². The number of hydrogen-bond acceptors (Lipinski definition) is 5. The van der Waals surface area contributed by atoms with E-state index in [-0.39, 0.29) is 6.04 Å². The molecule has 4 nitrogen and oxygen atoms in total. The zero-order valence-electron chi connectivity index (χ0n) is 9.67. The van der Waals surface area contributed by atoms with Gasteiger partial charge in [0.05, 0.1) is 12.3 Å². The van der Waals surface area contributed by atoms with E-state index in [0.717, 1.165) is 23.2 Å². The van der Waals surface area contributed by atoms with Gasteiger partial charge in [0.25, 0.3) is 0 Å². The van der Waals surface area contributed by atoms with Gasteiger partial charge in [-0.1, -0.05) is 11.8 Å². The third kappa shape index (κ3) is 3.87. The molecule has 17 heavy (non-hydrogen) atoms. The van der Waals surface area contributed by atoms with Gasteiger partial charge >= 0.3 is 0 Å². The highest BCUT2D eigenvalue weighted by molar-refractivity contribution is 7.99. The van der Waals surface area contributed by atoms with Crippen LogP contribution in [-0.2, 0) is 0 Å². The molecule has 0 spiro atoms. The number of furan rings is 1. The maximum absolute atomic E-state index is 5.32. The molecule has 5 heteroatoms. The second-order valence-corrected chi connectivity index (χ2v) is 4.63. The van der Waals surface area contributed by atoms with Gasteiger partial charge in [0.1, 0.15) is 5.76 Å². The topological polar surface area (TPSA) is 51.0 Å². The molecule has 0 fully saturated rings. The molecule has 2 aromatic heterocycles. The van der Waals surface area contributed by atoms with Crippen molar-refractivity contribution in [3.8, 4) is 0 Å². The predicted octanol–water partition coefficient (Wildman–Crippen LogP) is 2.51. The molecule has 0 aliphatic carbocycles. The molecule has 0 radical (unpaired) electrons. The van der Waals surface area contributed by atoms with Crippen LogP contribution >= 0.6 is 11.8 Å². The molecule has 2 rings (SSSR count). The molecule has 1 N–H and O–H groups in total. The van der Waals surface area contributed by atoms with Crippen molar-refractivity contribution in [3.05, 3.63) is 42.6 Å². The fourth-order valence-corrected chi connectivity index (χ4v) is 2.09. The van der Waals surface area contributed by atoms with Gasteiger partial charge in [-0.15, -0.1) is 0 Å². The molecule has 0 aliphatic heterocycles. The van der Waals surface area contributed by atoms with Crippen molar-refractivity contribution in [2.45, 2.75) is 18.1 Å². The summed E-state index contributed by atoms with van der Waals surface area (Å²) in [6.07, 6.45) is 5.21. The van der Waals surface area contributed by atoms with Gasteiger partial charge in [0, 0.05) is 24.7 Å². The number of nitrogens with zero attached hydrogens (tertiary/aromatic N) is 2. The summed E-state index contributed by atoms with van der Waals surface area (Å²) in [5.41, 5.74) is 0. The molecular weight excluding hydrogens is 234 g/mol. The highest BCUT2D eigenvalue weighted by atomic mass is 32.2. The first-order valence-electron chi connectivity index (χ1n) is 5.53. The normalized spacial score (nSPS) is 12.5. The summed E-state index contributed by atoms with van der Waals surface area (Å²) in [6, 6.07) is 5.94. The van der Waals surface area contributed by atoms with E-state index in [1.54, 1.807) is 30.4 Å². The zero-order valence-corrected chi connectivity index (χ0v) is 10.5. The number of aromatic nitrogens is 2. The Hall–Kier alpha value is -1.33. The van der Waals surface area contributed by atoms with Crippen LogP contribution in [0.3, 0.4) is 0 Å². The predicted molar refractivity (Wildman–Crippen MR) is 67.9 cm³/mol. The Kier molecular flexibility index (Phi) is 4.58. The quantitative estimate of drug-likeness (QED) is 0.484. The summed E-state index contributed by atoms with van der Waals surface area (Å²) >= 11 is 1.64. The molecule has 0 saturated heterocycles. The zero-order chi connectivity index (χ0) is 11.9. The maximum atomic E-state index is 5.32. The van der Waals surface area contributed by atoms with Crippen molar-refractivity contribution >= 4 is 11.8 Å². The van der Waals surface area contributed by atoms with Gasteiger partial charge in [-0.25, -0.2) is 9.97 Å². The maximum Gasteiger partial charge on any atom is 0.187 e. The lowest BCUT2D eigenvalue weighted by atomic mass is 10.2. The largest absolute Gasteiger partial charge is 0.468 e. The highest BCUT2D eigenvalue weighted by Gasteiger charge is 2.06. The summed E-state index contributed by atoms with van der Waals surface area (Å²) in [5.74, 6) is 1.90. The molecule has 2 heterocycles. The molecule has 0 amide bonds. The van der Waals surface area contributed by atoms with E-state index in [1.807, 2.05) is 18.2 Å². The van der Waals surface area contributed by atoms with Crippen LogP contribution < -0.4 is 5.32 Å². The minimum Gasteiger partial charge on any atom is -0.468 e. The van der Waals surface area contributed by atoms with Crippen LogP contribution in [0.2, 0.25) is 0 Å². The fraction of sp³-hybridized carbons (Fsp3) is 0.333. The Morgan fingerprint density at radius 1 is 1.35 bits per heavy atom. The lowest BCUT2D eigenvalue weighted by molar-refractivity contribution is 0.438. The molecule has 1 unspecified atom stereocenters. The Bertz CT molecular complexity index is 419. The van der Waals surface area contributed by atoms with Gasteiger partial charge in [-0.3, -0.25) is 0 Å². The Morgan fingerprint density at radius 3 is 2.88 bits per heavy atom. The van der Waals surface area contributed by atoms with Gasteiger partial charge in [-0.05, 0) is 25.1 Å². The average molecular weight is 249 g/mol. The third-order valence-corrected chi connectivity index (χ3v) is 3.17. The minimum absolute atomic E-state index is 0.238. The standard InChI is InChI=1S/C12H15N3OS/c1-10(11-4-2-8-16-11)13-7-9-17-12-14-5-3-6-15-12/h2-6,8,10,13H,7,9H2,1H3. The third-order valence-electron chi connectivity index (χ3n) is 2.30. The minimum atomic E-state index is 0.238. The van der Waals surface area contributed by atoms with Crippen LogP contribution in [0.1, 0.15) is 18.7 Å². The number of thioether (sulfide) groups is 1. The molecular formula is C12H15N3OS. The first kappa shape index (κ1) is 12.1. The summed E-state index contributed by atoms with van der Waals surface area (Å²) in [4.78, 5) is 8.30. The molecule has 0 aliphatic rings. The Morgan fingerprint density at radius 2 is 2.18 bits per heavy atom. The van der Waals surface area contributed by atoms with Crippen molar-refractivity contribution < 1.29 is 4.42 Å². The molecule has 2 aromatic rings. The van der Waals surface area contributed by atoms with Crippen LogP contribution in [-0.4, -0.2) is 22.3 Å². The van der Waals surface area contributed by atoms with E-state index in [1.165, 1.54) is 0 Å². The lowest BCUT2D eigenvalue weighted by Gasteiger charge is -2.10. The Labute approximate surface area is 105 Å². The van der Waals surface area contributed by atoms with E-state index >= 15 is 0 Å². The summed E-state index contributed by atoms with van der Waals surface area (Å²) < 4.78 is 5.32. The van der Waals surface area contributed by atoms with Crippen LogP contribution in [0.15, 0.2) is 46.4 Å². The van der Waals surface area contributed by atoms with Crippen molar-refractivity contribution in [2.75, 3.05) is 12.3 Å². The van der Waals surface area contributed by atoms with E-state index in [0.29, 0.717) is 0 Å². The van der Waals surface area contributed by atoms with Gasteiger partial charge in [0.2, 0.25) is 0 Å². The lowest BCUT2D eigenvalue weighted by Crippen LogP contribution is -2.20. The number of rotatable bonds is 6. The second kappa shape index (κ2) is 6.42. The Balaban J connectivity index is 1.67. The van der Waals surface area contributed by atoms with Crippen molar-refractivity contribution in [2.24, 2.45) is 0 Å². The SMILES string of the molecule is CC(NCCSc1ncccn1)c1ccco1. The summed E-state index contributed by atoms with van der Waals surface area (Å²) in [6.45, 7) is 2.98. The van der Waals surface area contributed by atoms with Crippen molar-refractivity contribution in [1.82, 2.24) is 15.3 Å². The molecule has 1 atom stereocenters. The first-order chi connectivity index (χ1) is 8.36.